The molecule has 0 amide bonds. The molecular weight excluding hydrogens is 280 g/mol. The van der Waals surface area contributed by atoms with Gasteiger partial charge in [-0.2, -0.15) is 0 Å². The first-order valence-electron chi connectivity index (χ1n) is 7.04. The summed E-state index contributed by atoms with van der Waals surface area (Å²) in [7, 11) is 1.63. The van der Waals surface area contributed by atoms with Crippen LogP contribution in [0.2, 0.25) is 0 Å². The van der Waals surface area contributed by atoms with E-state index < -0.39 is 0 Å². The molecule has 0 saturated carbocycles. The highest BCUT2D eigenvalue weighted by Gasteiger charge is 2.06. The van der Waals surface area contributed by atoms with Crippen molar-refractivity contribution in [2.45, 2.75) is 12.8 Å². The van der Waals surface area contributed by atoms with Gasteiger partial charge in [0.1, 0.15) is 22.8 Å². The van der Waals surface area contributed by atoms with Crippen molar-refractivity contribution in [2.75, 3.05) is 7.11 Å². The average molecular weight is 296 g/mol. The maximum Gasteiger partial charge on any atom is 0.192 e. The van der Waals surface area contributed by atoms with Crippen molar-refractivity contribution in [2.24, 2.45) is 0 Å². The minimum atomic E-state index is -0.0917. The van der Waals surface area contributed by atoms with Crippen LogP contribution in [0.5, 0.6) is 11.5 Å². The molecule has 3 aromatic rings. The number of aryl methyl sites for hydroxylation is 2. The van der Waals surface area contributed by atoms with Crippen molar-refractivity contribution >= 4 is 11.0 Å². The molecule has 1 N–H and O–H groups in total. The van der Waals surface area contributed by atoms with Crippen LogP contribution in [0.3, 0.4) is 0 Å². The lowest BCUT2D eigenvalue weighted by atomic mass is 10.1. The zero-order valence-electron chi connectivity index (χ0n) is 12.2. The Hall–Kier alpha value is -2.75. The van der Waals surface area contributed by atoms with Crippen molar-refractivity contribution in [1.82, 2.24) is 0 Å². The van der Waals surface area contributed by atoms with E-state index in [-0.39, 0.29) is 11.2 Å². The molecule has 0 atom stereocenters. The second-order valence-corrected chi connectivity index (χ2v) is 5.11. The normalized spacial score (nSPS) is 10.8. The highest BCUT2D eigenvalue weighted by Crippen LogP contribution is 2.19. The van der Waals surface area contributed by atoms with Crippen LogP contribution >= 0.6 is 0 Å². The lowest BCUT2D eigenvalue weighted by Crippen LogP contribution is -2.03. The summed E-state index contributed by atoms with van der Waals surface area (Å²) >= 11 is 0. The molecule has 0 aliphatic heterocycles. The molecule has 112 valence electrons. The largest absolute Gasteiger partial charge is 0.508 e. The number of phenols is 1. The molecule has 0 fully saturated rings. The highest BCUT2D eigenvalue weighted by molar-refractivity contribution is 5.77. The molecule has 0 bridgehead atoms. The van der Waals surface area contributed by atoms with Crippen LogP contribution < -0.4 is 10.2 Å². The minimum Gasteiger partial charge on any atom is -0.508 e. The number of aromatic hydroxyl groups is 1. The van der Waals surface area contributed by atoms with Crippen molar-refractivity contribution in [3.63, 3.8) is 0 Å². The summed E-state index contributed by atoms with van der Waals surface area (Å²) in [5.41, 5.74) is 1.46. The lowest BCUT2D eigenvalue weighted by molar-refractivity contribution is 0.414. The summed E-state index contributed by atoms with van der Waals surface area (Å²) in [5.74, 6) is 1.51. The first-order chi connectivity index (χ1) is 10.7. The first-order valence-corrected chi connectivity index (χ1v) is 7.04. The van der Waals surface area contributed by atoms with Gasteiger partial charge in [0.15, 0.2) is 5.43 Å². The van der Waals surface area contributed by atoms with E-state index in [1.807, 2.05) is 24.3 Å². The number of hydrogen-bond donors (Lipinski definition) is 1. The highest BCUT2D eigenvalue weighted by atomic mass is 16.5. The van der Waals surface area contributed by atoms with E-state index in [2.05, 4.69) is 0 Å². The molecule has 4 heteroatoms. The second kappa shape index (κ2) is 5.93. The maximum atomic E-state index is 12.0. The van der Waals surface area contributed by atoms with Gasteiger partial charge in [-0.1, -0.05) is 12.1 Å². The summed E-state index contributed by atoms with van der Waals surface area (Å²) in [5, 5.41) is 9.97. The number of rotatable bonds is 4. The number of ether oxygens (including phenoxy) is 1. The van der Waals surface area contributed by atoms with E-state index in [0.29, 0.717) is 23.2 Å². The molecule has 3 rings (SSSR count). The Balaban J connectivity index is 1.82. The Morgan fingerprint density at radius 1 is 1.05 bits per heavy atom. The van der Waals surface area contributed by atoms with E-state index in [0.717, 1.165) is 17.7 Å². The molecule has 0 radical (unpaired) electrons. The fraction of sp³-hybridized carbons (Fsp3) is 0.167. The van der Waals surface area contributed by atoms with Gasteiger partial charge in [0.25, 0.3) is 0 Å². The zero-order chi connectivity index (χ0) is 15.5. The van der Waals surface area contributed by atoms with Crippen LogP contribution in [0.1, 0.15) is 11.3 Å². The zero-order valence-corrected chi connectivity index (χ0v) is 12.2. The van der Waals surface area contributed by atoms with Crippen LogP contribution in [0.25, 0.3) is 11.0 Å². The van der Waals surface area contributed by atoms with Gasteiger partial charge in [-0.15, -0.1) is 0 Å². The summed E-state index contributed by atoms with van der Waals surface area (Å²) < 4.78 is 10.8. The first kappa shape index (κ1) is 14.2. The number of benzene rings is 2. The number of phenolic OH excluding ortho intramolecular Hbond substituents is 1. The predicted molar refractivity (Wildman–Crippen MR) is 84.6 cm³/mol. The summed E-state index contributed by atoms with van der Waals surface area (Å²) in [6.45, 7) is 0. The fourth-order valence-corrected chi connectivity index (χ4v) is 2.38. The quantitative estimate of drug-likeness (QED) is 0.802. The van der Waals surface area contributed by atoms with Crippen LogP contribution in [0.4, 0.5) is 0 Å². The van der Waals surface area contributed by atoms with E-state index in [1.165, 1.54) is 18.2 Å². The van der Waals surface area contributed by atoms with Crippen molar-refractivity contribution in [3.05, 3.63) is 70.1 Å². The van der Waals surface area contributed by atoms with Gasteiger partial charge >= 0.3 is 0 Å². The molecule has 1 aromatic heterocycles. The Kier molecular flexibility index (Phi) is 3.83. The molecule has 0 aliphatic rings. The second-order valence-electron chi connectivity index (χ2n) is 5.11. The van der Waals surface area contributed by atoms with Gasteiger partial charge in [0, 0.05) is 18.6 Å². The number of fused-ring (bicyclic) bond motifs is 1. The molecular formula is C18H16O4. The van der Waals surface area contributed by atoms with Crippen molar-refractivity contribution in [1.29, 1.82) is 0 Å². The Labute approximate surface area is 127 Å². The number of hydrogen-bond acceptors (Lipinski definition) is 4. The molecule has 4 nitrogen and oxygen atoms in total. The van der Waals surface area contributed by atoms with Gasteiger partial charge in [0.05, 0.1) is 12.5 Å². The standard InChI is InChI=1S/C18H16O4/c1-21-14-6-2-12(3-7-14)4-8-15-11-17(20)16-9-5-13(19)10-18(16)22-15/h2-3,5-7,9-11,19H,4,8H2,1H3. The number of methoxy groups -OCH3 is 1. The minimum absolute atomic E-state index is 0.0861. The van der Waals surface area contributed by atoms with Crippen LogP contribution in [0.15, 0.2) is 57.7 Å². The predicted octanol–water partition coefficient (Wildman–Crippen LogP) is 3.29. The van der Waals surface area contributed by atoms with Crippen molar-refractivity contribution in [3.8, 4) is 11.5 Å². The monoisotopic (exact) mass is 296 g/mol. The fourth-order valence-electron chi connectivity index (χ4n) is 2.38. The average Bonchev–Trinajstić information content (AvgIpc) is 2.53. The van der Waals surface area contributed by atoms with Crippen LogP contribution in [0, 0.1) is 0 Å². The van der Waals surface area contributed by atoms with Gasteiger partial charge < -0.3 is 14.3 Å². The lowest BCUT2D eigenvalue weighted by Gasteiger charge is -2.05. The third-order valence-corrected chi connectivity index (χ3v) is 3.58. The van der Waals surface area contributed by atoms with Crippen LogP contribution in [-0.4, -0.2) is 12.2 Å². The smallest absolute Gasteiger partial charge is 0.192 e. The molecule has 1 heterocycles. The summed E-state index contributed by atoms with van der Waals surface area (Å²) in [6.07, 6.45) is 1.38. The topological polar surface area (TPSA) is 59.7 Å². The SMILES string of the molecule is COc1ccc(CCc2cc(=O)c3ccc(O)cc3o2)cc1. The van der Waals surface area contributed by atoms with E-state index >= 15 is 0 Å². The summed E-state index contributed by atoms with van der Waals surface area (Å²) in [4.78, 5) is 12.0. The molecule has 0 aliphatic carbocycles. The van der Waals surface area contributed by atoms with E-state index in [9.17, 15) is 9.90 Å². The van der Waals surface area contributed by atoms with Crippen molar-refractivity contribution < 1.29 is 14.3 Å². The Morgan fingerprint density at radius 3 is 2.55 bits per heavy atom. The summed E-state index contributed by atoms with van der Waals surface area (Å²) in [6, 6.07) is 13.8. The maximum absolute atomic E-state index is 12.0. The van der Waals surface area contributed by atoms with Gasteiger partial charge in [-0.25, -0.2) is 0 Å². The van der Waals surface area contributed by atoms with Gasteiger partial charge in [-0.05, 0) is 36.2 Å². The van der Waals surface area contributed by atoms with Gasteiger partial charge in [0.2, 0.25) is 0 Å². The molecule has 22 heavy (non-hydrogen) atoms. The molecule has 0 saturated heterocycles. The molecule has 0 spiro atoms. The third kappa shape index (κ3) is 2.96. The van der Waals surface area contributed by atoms with E-state index in [1.54, 1.807) is 13.2 Å². The van der Waals surface area contributed by atoms with Crippen LogP contribution in [-0.2, 0) is 12.8 Å². The Bertz CT molecular complexity index is 847. The Morgan fingerprint density at radius 2 is 1.82 bits per heavy atom. The van der Waals surface area contributed by atoms with Gasteiger partial charge in [-0.3, -0.25) is 4.79 Å². The third-order valence-electron chi connectivity index (χ3n) is 3.58. The van der Waals surface area contributed by atoms with E-state index in [4.69, 9.17) is 9.15 Å². The molecule has 0 unspecified atom stereocenters. The molecule has 2 aromatic carbocycles.